The summed E-state index contributed by atoms with van der Waals surface area (Å²) in [6.45, 7) is 9.53. The monoisotopic (exact) mass is 379 g/mol. The Morgan fingerprint density at radius 1 is 1.23 bits per heavy atom. The molecule has 1 aromatic carbocycles. The number of carbonyl (C=O) groups is 1. The van der Waals surface area contributed by atoms with Gasteiger partial charge in [-0.25, -0.2) is 13.1 Å². The molecule has 0 radical (unpaired) electrons. The molecule has 0 spiro atoms. The van der Waals surface area contributed by atoms with Gasteiger partial charge in [-0.1, -0.05) is 38.1 Å². The SMILES string of the molecule is CC(=O)N(CCNS(=O)(=O)c1ccc(C(C)(C)C)cc1)c1cc(C)on1. The van der Waals surface area contributed by atoms with Gasteiger partial charge in [0.1, 0.15) is 5.76 Å². The first-order chi connectivity index (χ1) is 12.0. The van der Waals surface area contributed by atoms with Crippen molar-refractivity contribution in [2.75, 3.05) is 18.0 Å². The summed E-state index contributed by atoms with van der Waals surface area (Å²) in [5.41, 5.74) is 1.01. The molecular formula is C18H25N3O4S. The van der Waals surface area contributed by atoms with Crippen LogP contribution in [-0.4, -0.2) is 32.6 Å². The second-order valence-electron chi connectivity index (χ2n) is 7.14. The van der Waals surface area contributed by atoms with Crippen LogP contribution < -0.4 is 9.62 Å². The Hall–Kier alpha value is -2.19. The van der Waals surface area contributed by atoms with Crippen LogP contribution >= 0.6 is 0 Å². The lowest BCUT2D eigenvalue weighted by atomic mass is 9.87. The summed E-state index contributed by atoms with van der Waals surface area (Å²) in [5.74, 6) is 0.696. The van der Waals surface area contributed by atoms with Crippen molar-refractivity contribution in [2.24, 2.45) is 0 Å². The van der Waals surface area contributed by atoms with E-state index in [2.05, 4.69) is 30.6 Å². The highest BCUT2D eigenvalue weighted by molar-refractivity contribution is 7.89. The van der Waals surface area contributed by atoms with Gasteiger partial charge in [0.05, 0.1) is 4.90 Å². The van der Waals surface area contributed by atoms with Crippen LogP contribution in [0.3, 0.4) is 0 Å². The number of hydrogen-bond acceptors (Lipinski definition) is 5. The second kappa shape index (κ2) is 7.59. The van der Waals surface area contributed by atoms with Gasteiger partial charge in [0, 0.05) is 26.1 Å². The number of nitrogens with zero attached hydrogens (tertiary/aromatic N) is 2. The molecule has 1 heterocycles. The lowest BCUT2D eigenvalue weighted by molar-refractivity contribution is -0.116. The predicted octanol–water partition coefficient (Wildman–Crippen LogP) is 2.61. The molecule has 2 aromatic rings. The molecule has 0 saturated heterocycles. The largest absolute Gasteiger partial charge is 0.360 e. The van der Waals surface area contributed by atoms with Crippen LogP contribution in [0.1, 0.15) is 39.0 Å². The van der Waals surface area contributed by atoms with Crippen LogP contribution in [0.25, 0.3) is 0 Å². The minimum absolute atomic E-state index is 0.0482. The summed E-state index contributed by atoms with van der Waals surface area (Å²) in [6.07, 6.45) is 0. The van der Waals surface area contributed by atoms with Gasteiger partial charge in [-0.05, 0) is 30.0 Å². The number of nitrogens with one attached hydrogen (secondary N) is 1. The number of sulfonamides is 1. The molecule has 0 fully saturated rings. The number of benzene rings is 1. The first-order valence-corrected chi connectivity index (χ1v) is 9.80. The van der Waals surface area contributed by atoms with Crippen LogP contribution in [0.4, 0.5) is 5.82 Å². The highest BCUT2D eigenvalue weighted by Gasteiger charge is 2.19. The van der Waals surface area contributed by atoms with E-state index in [0.29, 0.717) is 11.6 Å². The van der Waals surface area contributed by atoms with Crippen molar-refractivity contribution in [3.8, 4) is 0 Å². The summed E-state index contributed by atoms with van der Waals surface area (Å²) < 4.78 is 32.4. The molecule has 0 aliphatic heterocycles. The van der Waals surface area contributed by atoms with E-state index < -0.39 is 10.0 Å². The molecule has 1 N–H and O–H groups in total. The molecule has 1 aromatic heterocycles. The molecule has 0 bridgehead atoms. The molecule has 26 heavy (non-hydrogen) atoms. The zero-order valence-corrected chi connectivity index (χ0v) is 16.6. The maximum Gasteiger partial charge on any atom is 0.240 e. The first kappa shape index (κ1) is 20.1. The van der Waals surface area contributed by atoms with Gasteiger partial charge in [0.25, 0.3) is 0 Å². The van der Waals surface area contributed by atoms with Gasteiger partial charge < -0.3 is 4.52 Å². The summed E-state index contributed by atoms with van der Waals surface area (Å²) in [6, 6.07) is 8.43. The Kier molecular flexibility index (Phi) is 5.87. The molecule has 0 aliphatic carbocycles. The standard InChI is InChI=1S/C18H25N3O4S/c1-13-12-17(20-25-13)21(14(2)22)11-10-19-26(23,24)16-8-6-15(7-9-16)18(3,4)5/h6-9,12,19H,10-11H2,1-5H3. The number of hydrogen-bond donors (Lipinski definition) is 1. The highest BCUT2D eigenvalue weighted by atomic mass is 32.2. The average molecular weight is 379 g/mol. The fourth-order valence-corrected chi connectivity index (χ4v) is 3.44. The minimum Gasteiger partial charge on any atom is -0.360 e. The maximum atomic E-state index is 12.4. The third kappa shape index (κ3) is 4.92. The van der Waals surface area contributed by atoms with E-state index in [4.69, 9.17) is 4.52 Å². The number of amides is 1. The van der Waals surface area contributed by atoms with E-state index in [9.17, 15) is 13.2 Å². The number of carbonyl (C=O) groups excluding carboxylic acids is 1. The Balaban J connectivity index is 2.04. The number of rotatable bonds is 6. The predicted molar refractivity (Wildman–Crippen MR) is 99.6 cm³/mol. The molecule has 0 aliphatic rings. The van der Waals surface area contributed by atoms with Crippen molar-refractivity contribution < 1.29 is 17.7 Å². The van der Waals surface area contributed by atoms with E-state index in [1.807, 2.05) is 12.1 Å². The van der Waals surface area contributed by atoms with Gasteiger partial charge in [0.15, 0.2) is 5.82 Å². The number of aromatic nitrogens is 1. The molecule has 0 atom stereocenters. The van der Waals surface area contributed by atoms with Gasteiger partial charge in [0.2, 0.25) is 15.9 Å². The van der Waals surface area contributed by atoms with Crippen LogP contribution in [-0.2, 0) is 20.2 Å². The lowest BCUT2D eigenvalue weighted by Crippen LogP contribution is -2.37. The summed E-state index contributed by atoms with van der Waals surface area (Å²) in [4.78, 5) is 13.3. The summed E-state index contributed by atoms with van der Waals surface area (Å²) in [5, 5.41) is 3.80. The number of anilines is 1. The van der Waals surface area contributed by atoms with Gasteiger partial charge >= 0.3 is 0 Å². The zero-order chi connectivity index (χ0) is 19.5. The second-order valence-corrected chi connectivity index (χ2v) is 8.91. The van der Waals surface area contributed by atoms with E-state index in [1.165, 1.54) is 11.8 Å². The van der Waals surface area contributed by atoms with Crippen LogP contribution in [0.15, 0.2) is 39.8 Å². The maximum absolute atomic E-state index is 12.4. The van der Waals surface area contributed by atoms with Gasteiger partial charge in [-0.3, -0.25) is 9.69 Å². The average Bonchev–Trinajstić information content (AvgIpc) is 2.96. The molecule has 8 heteroatoms. The summed E-state index contributed by atoms with van der Waals surface area (Å²) >= 11 is 0. The molecule has 142 valence electrons. The first-order valence-electron chi connectivity index (χ1n) is 8.32. The van der Waals surface area contributed by atoms with E-state index in [1.54, 1.807) is 25.1 Å². The Morgan fingerprint density at radius 2 is 1.85 bits per heavy atom. The molecule has 0 saturated carbocycles. The van der Waals surface area contributed by atoms with Crippen molar-refractivity contribution in [3.63, 3.8) is 0 Å². The quantitative estimate of drug-likeness (QED) is 0.833. The van der Waals surface area contributed by atoms with E-state index in [-0.39, 0.29) is 29.3 Å². The topological polar surface area (TPSA) is 92.5 Å². The molecule has 7 nitrogen and oxygen atoms in total. The highest BCUT2D eigenvalue weighted by Crippen LogP contribution is 2.23. The summed E-state index contributed by atoms with van der Waals surface area (Å²) in [7, 11) is -3.65. The van der Waals surface area contributed by atoms with Crippen LogP contribution in [0.5, 0.6) is 0 Å². The van der Waals surface area contributed by atoms with Crippen molar-refractivity contribution in [2.45, 2.75) is 44.9 Å². The minimum atomic E-state index is -3.65. The van der Waals surface area contributed by atoms with Gasteiger partial charge in [-0.15, -0.1) is 0 Å². The smallest absolute Gasteiger partial charge is 0.240 e. The Morgan fingerprint density at radius 3 is 2.31 bits per heavy atom. The Labute approximate surface area is 154 Å². The van der Waals surface area contributed by atoms with Crippen LogP contribution in [0, 0.1) is 6.92 Å². The fraction of sp³-hybridized carbons (Fsp3) is 0.444. The van der Waals surface area contributed by atoms with E-state index in [0.717, 1.165) is 5.56 Å². The van der Waals surface area contributed by atoms with Crippen molar-refractivity contribution >= 4 is 21.7 Å². The Bertz CT molecular complexity index is 865. The van der Waals surface area contributed by atoms with E-state index >= 15 is 0 Å². The van der Waals surface area contributed by atoms with Crippen molar-refractivity contribution in [3.05, 3.63) is 41.7 Å². The normalized spacial score (nSPS) is 12.2. The molecule has 1 amide bonds. The third-order valence-electron chi connectivity index (χ3n) is 3.93. The number of aryl methyl sites for hydroxylation is 1. The molecular weight excluding hydrogens is 354 g/mol. The van der Waals surface area contributed by atoms with Crippen molar-refractivity contribution in [1.82, 2.24) is 9.88 Å². The van der Waals surface area contributed by atoms with Crippen molar-refractivity contribution in [1.29, 1.82) is 0 Å². The lowest BCUT2D eigenvalue weighted by Gasteiger charge is -2.19. The van der Waals surface area contributed by atoms with Gasteiger partial charge in [-0.2, -0.15) is 0 Å². The zero-order valence-electron chi connectivity index (χ0n) is 15.7. The van der Waals surface area contributed by atoms with Crippen LogP contribution in [0.2, 0.25) is 0 Å². The fourth-order valence-electron chi connectivity index (χ4n) is 2.42. The molecule has 2 rings (SSSR count). The third-order valence-corrected chi connectivity index (χ3v) is 5.41. The molecule has 0 unspecified atom stereocenters.